The van der Waals surface area contributed by atoms with Crippen LogP contribution in [0.2, 0.25) is 0 Å². The molecule has 5 heteroatoms. The highest BCUT2D eigenvalue weighted by Crippen LogP contribution is 2.23. The van der Waals surface area contributed by atoms with Gasteiger partial charge in [0.2, 0.25) is 0 Å². The molecule has 0 radical (unpaired) electrons. The van der Waals surface area contributed by atoms with Gasteiger partial charge in [-0.2, -0.15) is 0 Å². The highest BCUT2D eigenvalue weighted by molar-refractivity contribution is 9.08. The van der Waals surface area contributed by atoms with Crippen molar-refractivity contribution in [1.29, 1.82) is 0 Å². The standard InChI is InChI=1S/C16H12BrF3O/c17-11-14-5-3-12(4-6-14)1-2-13-7-9-15(10-8-13)21-16(18,19)20/h1-10H,11H2. The van der Waals surface area contributed by atoms with Crippen molar-refractivity contribution in [2.45, 2.75) is 11.7 Å². The third-order valence-corrected chi connectivity index (χ3v) is 3.36. The molecule has 0 aliphatic carbocycles. The van der Waals surface area contributed by atoms with Gasteiger partial charge in [-0.3, -0.25) is 0 Å². The molecule has 0 spiro atoms. The van der Waals surface area contributed by atoms with Crippen molar-refractivity contribution in [1.82, 2.24) is 0 Å². The first kappa shape index (κ1) is 15.6. The zero-order valence-corrected chi connectivity index (χ0v) is 12.5. The van der Waals surface area contributed by atoms with Crippen LogP contribution in [0.4, 0.5) is 13.2 Å². The second-order valence-corrected chi connectivity index (χ2v) is 4.89. The third kappa shape index (κ3) is 5.27. The molecule has 0 unspecified atom stereocenters. The summed E-state index contributed by atoms with van der Waals surface area (Å²) in [6, 6.07) is 13.7. The maximum absolute atomic E-state index is 12.0. The lowest BCUT2D eigenvalue weighted by atomic mass is 10.1. The first-order valence-electron chi connectivity index (χ1n) is 6.15. The minimum Gasteiger partial charge on any atom is -0.406 e. The maximum atomic E-state index is 12.0. The van der Waals surface area contributed by atoms with Gasteiger partial charge in [-0.1, -0.05) is 64.5 Å². The number of halogens is 4. The van der Waals surface area contributed by atoms with Gasteiger partial charge in [0.1, 0.15) is 5.75 Å². The third-order valence-electron chi connectivity index (χ3n) is 2.72. The molecule has 0 aliphatic heterocycles. The summed E-state index contributed by atoms with van der Waals surface area (Å²) in [6.07, 6.45) is -0.924. The van der Waals surface area contributed by atoms with Crippen molar-refractivity contribution in [3.05, 3.63) is 65.2 Å². The molecule has 21 heavy (non-hydrogen) atoms. The summed E-state index contributed by atoms with van der Waals surface area (Å²) in [5, 5.41) is 0.803. The van der Waals surface area contributed by atoms with E-state index in [2.05, 4.69) is 20.7 Å². The van der Waals surface area contributed by atoms with E-state index in [0.29, 0.717) is 0 Å². The highest BCUT2D eigenvalue weighted by Gasteiger charge is 2.30. The van der Waals surface area contributed by atoms with Crippen molar-refractivity contribution in [3.63, 3.8) is 0 Å². The molecule has 2 aromatic carbocycles. The Bertz CT molecular complexity index is 601. The lowest BCUT2D eigenvalue weighted by molar-refractivity contribution is -0.274. The number of hydrogen-bond donors (Lipinski definition) is 0. The zero-order valence-electron chi connectivity index (χ0n) is 10.9. The van der Waals surface area contributed by atoms with Crippen LogP contribution < -0.4 is 4.74 Å². The summed E-state index contributed by atoms with van der Waals surface area (Å²) in [7, 11) is 0. The Kier molecular flexibility index (Phi) is 5.07. The fraction of sp³-hybridized carbons (Fsp3) is 0.125. The molecule has 0 saturated carbocycles. The predicted octanol–water partition coefficient (Wildman–Crippen LogP) is 5.65. The number of hydrogen-bond acceptors (Lipinski definition) is 1. The Labute approximate surface area is 129 Å². The molecule has 0 heterocycles. The fourth-order valence-electron chi connectivity index (χ4n) is 1.69. The van der Waals surface area contributed by atoms with Gasteiger partial charge in [0.05, 0.1) is 0 Å². The second-order valence-electron chi connectivity index (χ2n) is 4.33. The molecule has 0 aliphatic rings. The topological polar surface area (TPSA) is 9.23 Å². The largest absolute Gasteiger partial charge is 0.573 e. The van der Waals surface area contributed by atoms with Gasteiger partial charge in [-0.25, -0.2) is 0 Å². The summed E-state index contributed by atoms with van der Waals surface area (Å²) in [5.41, 5.74) is 3.00. The predicted molar refractivity (Wildman–Crippen MR) is 81.1 cm³/mol. The molecule has 0 atom stereocenters. The van der Waals surface area contributed by atoms with E-state index in [9.17, 15) is 13.2 Å². The van der Waals surface area contributed by atoms with E-state index >= 15 is 0 Å². The van der Waals surface area contributed by atoms with Crippen molar-refractivity contribution < 1.29 is 17.9 Å². The Hall–Kier alpha value is -1.75. The van der Waals surface area contributed by atoms with Crippen LogP contribution in [0.1, 0.15) is 16.7 Å². The first-order valence-corrected chi connectivity index (χ1v) is 7.27. The Morgan fingerprint density at radius 2 is 1.33 bits per heavy atom. The molecule has 0 N–H and O–H groups in total. The lowest BCUT2D eigenvalue weighted by Gasteiger charge is -2.08. The molecule has 2 rings (SSSR count). The number of ether oxygens (including phenoxy) is 1. The van der Waals surface area contributed by atoms with E-state index in [4.69, 9.17) is 0 Å². The van der Waals surface area contributed by atoms with Gasteiger partial charge in [0, 0.05) is 5.33 Å². The first-order chi connectivity index (χ1) is 9.96. The second kappa shape index (κ2) is 6.80. The molecule has 2 aromatic rings. The van der Waals surface area contributed by atoms with Crippen molar-refractivity contribution in [3.8, 4) is 5.75 Å². The minimum atomic E-state index is -4.66. The average molecular weight is 357 g/mol. The van der Waals surface area contributed by atoms with Gasteiger partial charge in [0.15, 0.2) is 0 Å². The molecule has 1 nitrogen and oxygen atoms in total. The maximum Gasteiger partial charge on any atom is 0.573 e. The van der Waals surface area contributed by atoms with E-state index in [1.165, 1.54) is 17.7 Å². The molecule has 0 aromatic heterocycles. The lowest BCUT2D eigenvalue weighted by Crippen LogP contribution is -2.16. The molecular formula is C16H12BrF3O. The molecular weight excluding hydrogens is 345 g/mol. The van der Waals surface area contributed by atoms with E-state index in [0.717, 1.165) is 16.5 Å². The summed E-state index contributed by atoms with van der Waals surface area (Å²) >= 11 is 3.38. The van der Waals surface area contributed by atoms with Crippen molar-refractivity contribution in [2.24, 2.45) is 0 Å². The zero-order chi connectivity index (χ0) is 15.3. The molecule has 0 saturated heterocycles. The number of benzene rings is 2. The van der Waals surface area contributed by atoms with Gasteiger partial charge in [-0.15, -0.1) is 13.2 Å². The van der Waals surface area contributed by atoms with Crippen LogP contribution in [-0.2, 0) is 5.33 Å². The summed E-state index contributed by atoms with van der Waals surface area (Å²) in [5.74, 6) is -0.221. The van der Waals surface area contributed by atoms with Crippen molar-refractivity contribution >= 4 is 28.1 Å². The Balaban J connectivity index is 2.03. The number of rotatable bonds is 4. The van der Waals surface area contributed by atoms with E-state index in [1.54, 1.807) is 12.1 Å². The van der Waals surface area contributed by atoms with Crippen molar-refractivity contribution in [2.75, 3.05) is 0 Å². The van der Waals surface area contributed by atoms with Crippen LogP contribution in [0.15, 0.2) is 48.5 Å². The SMILES string of the molecule is FC(F)(F)Oc1ccc(C=Cc2ccc(CBr)cc2)cc1. The van der Waals surface area contributed by atoms with Crippen LogP contribution in [-0.4, -0.2) is 6.36 Å². The Morgan fingerprint density at radius 1 is 0.857 bits per heavy atom. The smallest absolute Gasteiger partial charge is 0.406 e. The Morgan fingerprint density at radius 3 is 1.76 bits per heavy atom. The fourth-order valence-corrected chi connectivity index (χ4v) is 2.06. The average Bonchev–Trinajstić information content (AvgIpc) is 2.45. The van der Waals surface area contributed by atoms with Gasteiger partial charge in [0.25, 0.3) is 0 Å². The van der Waals surface area contributed by atoms with Crippen LogP contribution in [0.5, 0.6) is 5.75 Å². The number of alkyl halides is 4. The van der Waals surface area contributed by atoms with E-state index in [-0.39, 0.29) is 5.75 Å². The van der Waals surface area contributed by atoms with Crippen LogP contribution in [0.25, 0.3) is 12.2 Å². The molecule has 0 bridgehead atoms. The monoisotopic (exact) mass is 356 g/mol. The summed E-state index contributed by atoms with van der Waals surface area (Å²) < 4.78 is 39.9. The van der Waals surface area contributed by atoms with Crippen LogP contribution in [0, 0.1) is 0 Å². The van der Waals surface area contributed by atoms with Gasteiger partial charge >= 0.3 is 6.36 Å². The molecule has 0 amide bonds. The quantitative estimate of drug-likeness (QED) is 0.508. The summed E-state index contributed by atoms with van der Waals surface area (Å²) in [4.78, 5) is 0. The summed E-state index contributed by atoms with van der Waals surface area (Å²) in [6.45, 7) is 0. The minimum absolute atomic E-state index is 0.221. The molecule has 110 valence electrons. The van der Waals surface area contributed by atoms with Gasteiger partial charge < -0.3 is 4.74 Å². The normalized spacial score (nSPS) is 11.8. The van der Waals surface area contributed by atoms with Gasteiger partial charge in [-0.05, 0) is 28.8 Å². The van der Waals surface area contributed by atoms with Crippen LogP contribution >= 0.6 is 15.9 Å². The highest BCUT2D eigenvalue weighted by atomic mass is 79.9. The van der Waals surface area contributed by atoms with E-state index in [1.807, 2.05) is 36.4 Å². The van der Waals surface area contributed by atoms with E-state index < -0.39 is 6.36 Å². The molecule has 0 fully saturated rings. The van der Waals surface area contributed by atoms with Crippen LogP contribution in [0.3, 0.4) is 0 Å².